The second-order valence-electron chi connectivity index (χ2n) is 4.44. The van der Waals surface area contributed by atoms with Gasteiger partial charge in [-0.15, -0.1) is 0 Å². The van der Waals surface area contributed by atoms with Gasteiger partial charge in [-0.25, -0.2) is 0 Å². The average Bonchev–Trinajstić information content (AvgIpc) is 2.42. The summed E-state index contributed by atoms with van der Waals surface area (Å²) in [6, 6.07) is 9.06. The Balaban J connectivity index is 2.53. The molecule has 1 aromatic carbocycles. The van der Waals surface area contributed by atoms with E-state index in [2.05, 4.69) is 10.6 Å². The number of nitrogens with zero attached hydrogens (tertiary/aromatic N) is 1. The second-order valence-corrected chi connectivity index (χ2v) is 4.44. The lowest BCUT2D eigenvalue weighted by Gasteiger charge is -2.05. The summed E-state index contributed by atoms with van der Waals surface area (Å²) in [5.74, 6) is -1.38. The maximum atomic E-state index is 11.9. The molecule has 6 heteroatoms. The van der Waals surface area contributed by atoms with Gasteiger partial charge >= 0.3 is 5.97 Å². The van der Waals surface area contributed by atoms with Crippen LogP contribution < -0.4 is 10.6 Å². The monoisotopic (exact) mass is 287 g/mol. The van der Waals surface area contributed by atoms with Crippen molar-refractivity contribution in [2.75, 3.05) is 11.9 Å². The van der Waals surface area contributed by atoms with E-state index in [0.29, 0.717) is 18.7 Å². The number of nitrogens with one attached hydrogen (secondary N) is 2. The fourth-order valence-electron chi connectivity index (χ4n) is 1.59. The Labute approximate surface area is 123 Å². The normalized spacial score (nSPS) is 10.6. The van der Waals surface area contributed by atoms with E-state index >= 15 is 0 Å². The minimum atomic E-state index is -0.876. The van der Waals surface area contributed by atoms with Crippen molar-refractivity contribution in [3.05, 3.63) is 41.6 Å². The van der Waals surface area contributed by atoms with Crippen LogP contribution in [0.5, 0.6) is 0 Å². The predicted molar refractivity (Wildman–Crippen MR) is 78.4 cm³/mol. The number of anilines is 1. The number of hydrogen-bond acceptors (Lipinski definition) is 4. The van der Waals surface area contributed by atoms with Gasteiger partial charge in [0.05, 0.1) is 0 Å². The molecule has 0 aromatic heterocycles. The number of carbonyl (C=O) groups is 2. The van der Waals surface area contributed by atoms with E-state index in [-0.39, 0.29) is 12.0 Å². The molecule has 1 aromatic rings. The first-order valence-electron chi connectivity index (χ1n) is 6.46. The zero-order valence-corrected chi connectivity index (χ0v) is 11.7. The summed E-state index contributed by atoms with van der Waals surface area (Å²) in [5.41, 5.74) is 1.56. The third-order valence-corrected chi connectivity index (χ3v) is 2.60. The Kier molecular flexibility index (Phi) is 6.48. The zero-order chi connectivity index (χ0) is 15.7. The van der Waals surface area contributed by atoms with Crippen LogP contribution >= 0.6 is 0 Å². The van der Waals surface area contributed by atoms with E-state index in [4.69, 9.17) is 10.4 Å². The lowest BCUT2D eigenvalue weighted by Crippen LogP contribution is -2.17. The molecule has 0 bridgehead atoms. The van der Waals surface area contributed by atoms with Gasteiger partial charge in [-0.3, -0.25) is 9.59 Å². The molecule has 0 atom stereocenters. The van der Waals surface area contributed by atoms with Crippen molar-refractivity contribution < 1.29 is 14.7 Å². The molecular formula is C15H17N3O3. The molecule has 0 saturated carbocycles. The van der Waals surface area contributed by atoms with Gasteiger partial charge in [0.15, 0.2) is 0 Å². The van der Waals surface area contributed by atoms with E-state index in [9.17, 15) is 9.59 Å². The van der Waals surface area contributed by atoms with Crippen molar-refractivity contribution in [3.63, 3.8) is 0 Å². The number of aryl methyl sites for hydroxylation is 1. The molecule has 0 saturated heterocycles. The Morgan fingerprint density at radius 2 is 2.19 bits per heavy atom. The summed E-state index contributed by atoms with van der Waals surface area (Å²) in [5, 5.41) is 22.8. The highest BCUT2D eigenvalue weighted by Gasteiger charge is 2.09. The lowest BCUT2D eigenvalue weighted by molar-refractivity contribution is -0.137. The van der Waals surface area contributed by atoms with Gasteiger partial charge in [0.1, 0.15) is 11.6 Å². The summed E-state index contributed by atoms with van der Waals surface area (Å²) in [4.78, 5) is 22.2. The first kappa shape index (κ1) is 16.2. The molecule has 21 heavy (non-hydrogen) atoms. The van der Waals surface area contributed by atoms with Crippen molar-refractivity contribution in [1.29, 1.82) is 5.26 Å². The molecule has 0 unspecified atom stereocenters. The highest BCUT2D eigenvalue weighted by molar-refractivity contribution is 6.06. The highest BCUT2D eigenvalue weighted by atomic mass is 16.4. The van der Waals surface area contributed by atoms with E-state index in [1.54, 1.807) is 18.2 Å². The van der Waals surface area contributed by atoms with Gasteiger partial charge in [-0.05, 0) is 31.0 Å². The van der Waals surface area contributed by atoms with Gasteiger partial charge in [0.2, 0.25) is 0 Å². The largest absolute Gasteiger partial charge is 0.481 e. The molecule has 3 N–H and O–H groups in total. The van der Waals surface area contributed by atoms with Gasteiger partial charge in [-0.1, -0.05) is 12.1 Å². The van der Waals surface area contributed by atoms with Crippen molar-refractivity contribution >= 4 is 17.6 Å². The highest BCUT2D eigenvalue weighted by Crippen LogP contribution is 2.10. The lowest BCUT2D eigenvalue weighted by atomic mass is 10.2. The summed E-state index contributed by atoms with van der Waals surface area (Å²) in [7, 11) is 0. The molecule has 0 aliphatic carbocycles. The zero-order valence-electron chi connectivity index (χ0n) is 11.7. The standard InChI is InChI=1S/C15H17N3O3/c1-11-4-2-5-13(8-11)18-15(21)12(9-16)10-17-7-3-6-14(19)20/h2,4-5,8,10,17H,3,6-7H2,1H3,(H,18,21)(H,19,20)/b12-10-. The van der Waals surface area contributed by atoms with Crippen LogP contribution in [0.1, 0.15) is 18.4 Å². The van der Waals surface area contributed by atoms with Gasteiger partial charge < -0.3 is 15.7 Å². The quantitative estimate of drug-likeness (QED) is 0.403. The Morgan fingerprint density at radius 1 is 1.43 bits per heavy atom. The molecule has 0 heterocycles. The number of aliphatic carboxylic acids is 1. The molecule has 0 fully saturated rings. The molecular weight excluding hydrogens is 270 g/mol. The molecule has 0 spiro atoms. The van der Waals surface area contributed by atoms with Crippen LogP contribution in [-0.2, 0) is 9.59 Å². The minimum Gasteiger partial charge on any atom is -0.481 e. The van der Waals surface area contributed by atoms with Crippen LogP contribution in [0.4, 0.5) is 5.69 Å². The first-order valence-corrected chi connectivity index (χ1v) is 6.46. The first-order chi connectivity index (χ1) is 10.0. The van der Waals surface area contributed by atoms with E-state index in [0.717, 1.165) is 5.56 Å². The Hall–Kier alpha value is -2.81. The second kappa shape index (κ2) is 8.38. The Bertz CT molecular complexity index is 588. The average molecular weight is 287 g/mol. The molecule has 110 valence electrons. The number of amides is 1. The summed E-state index contributed by atoms with van der Waals surface area (Å²) in [6.45, 7) is 2.29. The minimum absolute atomic E-state index is 0.0399. The molecule has 0 aliphatic rings. The fourth-order valence-corrected chi connectivity index (χ4v) is 1.59. The van der Waals surface area contributed by atoms with E-state index in [1.807, 2.05) is 19.1 Å². The topological polar surface area (TPSA) is 102 Å². The van der Waals surface area contributed by atoms with E-state index < -0.39 is 11.9 Å². The van der Waals surface area contributed by atoms with Gasteiger partial charge in [0, 0.05) is 24.9 Å². The van der Waals surface area contributed by atoms with Crippen LogP contribution in [0.2, 0.25) is 0 Å². The van der Waals surface area contributed by atoms with Crippen LogP contribution in [0.15, 0.2) is 36.0 Å². The van der Waals surface area contributed by atoms with Crippen LogP contribution in [0.3, 0.4) is 0 Å². The van der Waals surface area contributed by atoms with E-state index in [1.165, 1.54) is 6.20 Å². The summed E-state index contributed by atoms with van der Waals surface area (Å²) < 4.78 is 0. The van der Waals surface area contributed by atoms with Crippen LogP contribution in [0, 0.1) is 18.3 Å². The van der Waals surface area contributed by atoms with Crippen molar-refractivity contribution in [1.82, 2.24) is 5.32 Å². The van der Waals surface area contributed by atoms with Crippen molar-refractivity contribution in [2.24, 2.45) is 0 Å². The molecule has 0 radical (unpaired) electrons. The fraction of sp³-hybridized carbons (Fsp3) is 0.267. The summed E-state index contributed by atoms with van der Waals surface area (Å²) >= 11 is 0. The molecule has 6 nitrogen and oxygen atoms in total. The number of carbonyl (C=O) groups excluding carboxylic acids is 1. The Morgan fingerprint density at radius 3 is 2.81 bits per heavy atom. The number of carboxylic acids is 1. The summed E-state index contributed by atoms with van der Waals surface area (Å²) in [6.07, 6.45) is 1.76. The van der Waals surface area contributed by atoms with Gasteiger partial charge in [-0.2, -0.15) is 5.26 Å². The molecule has 1 rings (SSSR count). The maximum absolute atomic E-state index is 11.9. The van der Waals surface area contributed by atoms with Gasteiger partial charge in [0.25, 0.3) is 5.91 Å². The van der Waals surface area contributed by atoms with Crippen LogP contribution in [0.25, 0.3) is 0 Å². The smallest absolute Gasteiger partial charge is 0.303 e. The van der Waals surface area contributed by atoms with Crippen LogP contribution in [-0.4, -0.2) is 23.5 Å². The number of carboxylic acid groups (broad SMARTS) is 1. The molecule has 0 aliphatic heterocycles. The maximum Gasteiger partial charge on any atom is 0.303 e. The third-order valence-electron chi connectivity index (χ3n) is 2.60. The number of benzene rings is 1. The third kappa shape index (κ3) is 6.25. The number of rotatable bonds is 7. The number of hydrogen-bond donors (Lipinski definition) is 3. The number of nitriles is 1. The molecule has 1 amide bonds. The van der Waals surface area contributed by atoms with Crippen molar-refractivity contribution in [2.45, 2.75) is 19.8 Å². The SMILES string of the molecule is Cc1cccc(NC(=O)/C(C#N)=C\NCCCC(=O)O)c1. The van der Waals surface area contributed by atoms with Crippen molar-refractivity contribution in [3.8, 4) is 6.07 Å². The predicted octanol–water partition coefficient (Wildman–Crippen LogP) is 1.80.